The molecular weight excluding hydrogens is 537 g/mol. The number of rotatable bonds is 5. The quantitative estimate of drug-likeness (QED) is 0.117. The van der Waals surface area contributed by atoms with E-state index in [0.717, 1.165) is 24.3 Å². The minimum atomic E-state index is -4.61. The lowest BCUT2D eigenvalue weighted by Crippen LogP contribution is -2.25. The predicted molar refractivity (Wildman–Crippen MR) is 130 cm³/mol. The third-order valence-electron chi connectivity index (χ3n) is 5.86. The first-order valence-corrected chi connectivity index (χ1v) is 12.7. The minimum absolute atomic E-state index is 0.0276. The van der Waals surface area contributed by atoms with Crippen LogP contribution in [0.15, 0.2) is 66.7 Å². The third kappa shape index (κ3) is 4.92. The second-order valence-electron chi connectivity index (χ2n) is 8.60. The van der Waals surface area contributed by atoms with Crippen molar-refractivity contribution in [1.82, 2.24) is 0 Å². The molecule has 2 nitrogen and oxygen atoms in total. The molecule has 1 N–H and O–H groups in total. The molecule has 0 saturated carbocycles. The zero-order valence-corrected chi connectivity index (χ0v) is 20.6. The zero-order valence-electron chi connectivity index (χ0n) is 19.7. The molecule has 0 heterocycles. The van der Waals surface area contributed by atoms with Crippen molar-refractivity contribution < 1.29 is 39.7 Å². The summed E-state index contributed by atoms with van der Waals surface area (Å²) >= 11 is 0. The molecule has 0 fully saturated rings. The Kier molecular flexibility index (Phi) is 7.14. The summed E-state index contributed by atoms with van der Waals surface area (Å²) in [6.07, 6.45) is -4.61. The SMILES string of the molecule is Cc1cccc(P(=O)(Nc2c(F)c(F)c(F)c(F)c2F)c2cc(C)ccc2-c2ccc(C(F)(F)F)cc2)c1. The molecule has 1 atom stereocenters. The van der Waals surface area contributed by atoms with Crippen molar-refractivity contribution in [2.24, 2.45) is 0 Å². The normalized spacial score (nSPS) is 13.3. The fourth-order valence-electron chi connectivity index (χ4n) is 3.93. The first kappa shape index (κ1) is 27.4. The van der Waals surface area contributed by atoms with Gasteiger partial charge in [0.25, 0.3) is 0 Å². The lowest BCUT2D eigenvalue weighted by atomic mass is 10.0. The lowest BCUT2D eigenvalue weighted by molar-refractivity contribution is -0.137. The lowest BCUT2D eigenvalue weighted by Gasteiger charge is -2.26. The van der Waals surface area contributed by atoms with Crippen molar-refractivity contribution in [2.45, 2.75) is 20.0 Å². The standard InChI is InChI=1S/C27H18F8NOP/c1-14-4-3-5-18(12-14)38(37,36-26-24(31)22(29)21(28)23(30)25(26)32)20-13-15(2)6-11-19(20)16-7-9-17(10-8-16)27(33,34)35/h3-13H,1-2H3,(H,36,37). The Morgan fingerprint density at radius 3 is 1.79 bits per heavy atom. The summed E-state index contributed by atoms with van der Waals surface area (Å²) in [5.41, 5.74) is -1.03. The summed E-state index contributed by atoms with van der Waals surface area (Å²) < 4.78 is 125. The van der Waals surface area contributed by atoms with Crippen molar-refractivity contribution in [3.05, 3.63) is 113 Å². The molecule has 0 amide bonds. The van der Waals surface area contributed by atoms with Gasteiger partial charge in [0.2, 0.25) is 13.1 Å². The van der Waals surface area contributed by atoms with Gasteiger partial charge in [-0.15, -0.1) is 0 Å². The van der Waals surface area contributed by atoms with Gasteiger partial charge in [-0.2, -0.15) is 13.2 Å². The van der Waals surface area contributed by atoms with E-state index in [9.17, 15) is 39.7 Å². The monoisotopic (exact) mass is 555 g/mol. The maximum atomic E-state index is 14.8. The first-order valence-electron chi connectivity index (χ1n) is 11.0. The van der Waals surface area contributed by atoms with Crippen LogP contribution in [-0.2, 0) is 10.7 Å². The van der Waals surface area contributed by atoms with E-state index < -0.39 is 53.8 Å². The van der Waals surface area contributed by atoms with Gasteiger partial charge < -0.3 is 5.09 Å². The number of halogens is 8. The van der Waals surface area contributed by atoms with Crippen LogP contribution in [0.1, 0.15) is 16.7 Å². The van der Waals surface area contributed by atoms with E-state index in [1.54, 1.807) is 26.0 Å². The van der Waals surface area contributed by atoms with Crippen molar-refractivity contribution in [3.63, 3.8) is 0 Å². The second-order valence-corrected chi connectivity index (χ2v) is 11.0. The average molecular weight is 555 g/mol. The predicted octanol–water partition coefficient (Wildman–Crippen LogP) is 8.03. The van der Waals surface area contributed by atoms with Crippen molar-refractivity contribution in [1.29, 1.82) is 0 Å². The molecule has 0 aliphatic carbocycles. The smallest absolute Gasteiger partial charge is 0.324 e. The summed E-state index contributed by atoms with van der Waals surface area (Å²) in [7, 11) is -4.46. The molecule has 0 saturated heterocycles. The van der Waals surface area contributed by atoms with Crippen molar-refractivity contribution in [2.75, 3.05) is 5.09 Å². The molecule has 0 spiro atoms. The molecular formula is C27H18F8NOP. The third-order valence-corrected chi connectivity index (χ3v) is 8.45. The Balaban J connectivity index is 2.01. The van der Waals surface area contributed by atoms with E-state index in [-0.39, 0.29) is 21.7 Å². The minimum Gasteiger partial charge on any atom is -0.324 e. The van der Waals surface area contributed by atoms with Crippen LogP contribution in [0, 0.1) is 42.9 Å². The van der Waals surface area contributed by atoms with Gasteiger partial charge in [0.1, 0.15) is 5.69 Å². The van der Waals surface area contributed by atoms with E-state index in [2.05, 4.69) is 5.09 Å². The summed E-state index contributed by atoms with van der Waals surface area (Å²) in [6.45, 7) is 3.25. The van der Waals surface area contributed by atoms with Gasteiger partial charge in [-0.1, -0.05) is 47.5 Å². The molecule has 0 radical (unpaired) electrons. The van der Waals surface area contributed by atoms with Crippen LogP contribution in [0.4, 0.5) is 40.8 Å². The fourth-order valence-corrected chi connectivity index (χ4v) is 6.58. The van der Waals surface area contributed by atoms with Crippen LogP contribution < -0.4 is 15.7 Å². The Labute approximate surface area is 212 Å². The van der Waals surface area contributed by atoms with Crippen LogP contribution in [0.3, 0.4) is 0 Å². The summed E-state index contributed by atoms with van der Waals surface area (Å²) in [5.74, 6) is -11.3. The van der Waals surface area contributed by atoms with Gasteiger partial charge >= 0.3 is 6.18 Å². The summed E-state index contributed by atoms with van der Waals surface area (Å²) in [4.78, 5) is 0. The Morgan fingerprint density at radius 1 is 0.684 bits per heavy atom. The van der Waals surface area contributed by atoms with Crippen LogP contribution in [0.25, 0.3) is 11.1 Å². The maximum Gasteiger partial charge on any atom is 0.416 e. The van der Waals surface area contributed by atoms with Crippen LogP contribution in [0.2, 0.25) is 0 Å². The van der Waals surface area contributed by atoms with E-state index in [4.69, 9.17) is 0 Å². The van der Waals surface area contributed by atoms with Gasteiger partial charge in [-0.3, -0.25) is 4.57 Å². The molecule has 0 aliphatic heterocycles. The molecule has 0 aliphatic rings. The van der Waals surface area contributed by atoms with Crippen LogP contribution >= 0.6 is 7.29 Å². The number of hydrogen-bond donors (Lipinski definition) is 1. The average Bonchev–Trinajstić information content (AvgIpc) is 2.88. The van der Waals surface area contributed by atoms with E-state index in [0.29, 0.717) is 11.1 Å². The molecule has 0 aromatic heterocycles. The maximum absolute atomic E-state index is 14.8. The fraction of sp³-hybridized carbons (Fsp3) is 0.111. The van der Waals surface area contributed by atoms with Crippen LogP contribution in [0.5, 0.6) is 0 Å². The molecule has 4 rings (SSSR count). The second kappa shape index (κ2) is 9.91. The van der Waals surface area contributed by atoms with Crippen molar-refractivity contribution in [3.8, 4) is 11.1 Å². The van der Waals surface area contributed by atoms with Crippen LogP contribution in [-0.4, -0.2) is 0 Å². The summed E-state index contributed by atoms with van der Waals surface area (Å²) in [6, 6.07) is 14.2. The van der Waals surface area contributed by atoms with Gasteiger partial charge in [0.15, 0.2) is 23.3 Å². The molecule has 0 bridgehead atoms. The highest BCUT2D eigenvalue weighted by Crippen LogP contribution is 2.48. The van der Waals surface area contributed by atoms with E-state index in [1.807, 2.05) is 0 Å². The zero-order chi connectivity index (χ0) is 28.0. The molecule has 198 valence electrons. The number of nitrogens with one attached hydrogen (secondary N) is 1. The summed E-state index contributed by atoms with van der Waals surface area (Å²) in [5, 5.41) is 1.98. The van der Waals surface area contributed by atoms with Gasteiger partial charge in [0, 0.05) is 10.6 Å². The number of anilines is 1. The van der Waals surface area contributed by atoms with E-state index >= 15 is 0 Å². The molecule has 11 heteroatoms. The molecule has 4 aromatic rings. The molecule has 38 heavy (non-hydrogen) atoms. The largest absolute Gasteiger partial charge is 0.416 e. The van der Waals surface area contributed by atoms with Gasteiger partial charge in [-0.05, 0) is 55.3 Å². The Morgan fingerprint density at radius 2 is 1.24 bits per heavy atom. The number of aryl methyl sites for hydroxylation is 2. The molecule has 1 unspecified atom stereocenters. The highest BCUT2D eigenvalue weighted by Gasteiger charge is 2.36. The Hall–Kier alpha value is -3.65. The van der Waals surface area contributed by atoms with Gasteiger partial charge in [-0.25, -0.2) is 22.0 Å². The number of hydrogen-bond acceptors (Lipinski definition) is 1. The van der Waals surface area contributed by atoms with E-state index in [1.165, 1.54) is 30.3 Å². The van der Waals surface area contributed by atoms with Crippen molar-refractivity contribution >= 4 is 23.6 Å². The van der Waals surface area contributed by atoms with Gasteiger partial charge in [0.05, 0.1) is 5.56 Å². The number of alkyl halides is 3. The molecule has 4 aromatic carbocycles. The topological polar surface area (TPSA) is 29.1 Å². The number of benzene rings is 4. The Bertz CT molecular complexity index is 1550. The highest BCUT2D eigenvalue weighted by molar-refractivity contribution is 7.80. The highest BCUT2D eigenvalue weighted by atomic mass is 31.2. The first-order chi connectivity index (χ1) is 17.7.